The number of aromatic nitrogens is 1. The van der Waals surface area contributed by atoms with Gasteiger partial charge in [0.15, 0.2) is 5.82 Å². The zero-order valence-corrected chi connectivity index (χ0v) is 24.3. The number of halogens is 3. The molecular weight excluding hydrogens is 561 g/mol. The Morgan fingerprint density at radius 2 is 1.65 bits per heavy atom. The van der Waals surface area contributed by atoms with Gasteiger partial charge in [0, 0.05) is 59.0 Å². The van der Waals surface area contributed by atoms with Gasteiger partial charge in [-0.15, -0.1) is 5.10 Å². The van der Waals surface area contributed by atoms with Gasteiger partial charge in [-0.2, -0.15) is 18.3 Å². The molecular formula is C30H37F3N8O2. The highest BCUT2D eigenvalue weighted by atomic mass is 19.4. The number of piperazine rings is 1. The number of nitrogens with zero attached hydrogens (tertiary/aromatic N) is 8. The third-order valence-electron chi connectivity index (χ3n) is 8.62. The predicted octanol–water partition coefficient (Wildman–Crippen LogP) is 4.11. The van der Waals surface area contributed by atoms with E-state index in [9.17, 15) is 18.0 Å². The highest BCUT2D eigenvalue weighted by Gasteiger charge is 2.50. The first kappa shape index (κ1) is 29.2. The van der Waals surface area contributed by atoms with Crippen LogP contribution in [0.25, 0.3) is 0 Å². The number of ether oxygens (including phenoxy) is 1. The summed E-state index contributed by atoms with van der Waals surface area (Å²) in [6.45, 7) is 7.95. The van der Waals surface area contributed by atoms with Crippen LogP contribution in [0.3, 0.4) is 0 Å². The van der Waals surface area contributed by atoms with Crippen molar-refractivity contribution in [1.82, 2.24) is 19.8 Å². The summed E-state index contributed by atoms with van der Waals surface area (Å²) in [4.78, 5) is 22.6. The molecule has 1 unspecified atom stereocenters. The maximum atomic E-state index is 13.6. The molecule has 6 rings (SSSR count). The number of piperidine rings is 1. The van der Waals surface area contributed by atoms with Crippen LogP contribution in [-0.2, 0) is 4.79 Å². The molecule has 2 aromatic rings. The van der Waals surface area contributed by atoms with Gasteiger partial charge < -0.3 is 14.5 Å². The van der Waals surface area contributed by atoms with Crippen molar-refractivity contribution in [1.29, 1.82) is 0 Å². The van der Waals surface area contributed by atoms with E-state index < -0.39 is 18.2 Å². The van der Waals surface area contributed by atoms with Crippen LogP contribution >= 0.6 is 0 Å². The molecule has 2 fully saturated rings. The molecule has 1 aromatic carbocycles. The van der Waals surface area contributed by atoms with Crippen molar-refractivity contribution in [3.8, 4) is 5.75 Å². The largest absolute Gasteiger partial charge is 0.492 e. The molecule has 1 aromatic heterocycles. The van der Waals surface area contributed by atoms with Gasteiger partial charge in [-0.05, 0) is 61.4 Å². The molecule has 2 saturated heterocycles. The molecule has 0 aliphatic carbocycles. The maximum Gasteiger partial charge on any atom is 0.453 e. The molecule has 1 amide bonds. The summed E-state index contributed by atoms with van der Waals surface area (Å²) in [7, 11) is 0. The molecule has 0 saturated carbocycles. The number of hydrogen-bond acceptors (Lipinski definition) is 9. The lowest BCUT2D eigenvalue weighted by Crippen LogP contribution is -2.48. The molecule has 0 bridgehead atoms. The van der Waals surface area contributed by atoms with E-state index in [1.54, 1.807) is 13.0 Å². The minimum Gasteiger partial charge on any atom is -0.492 e. The third kappa shape index (κ3) is 6.56. The van der Waals surface area contributed by atoms with Crippen LogP contribution in [0.1, 0.15) is 44.1 Å². The van der Waals surface area contributed by atoms with Gasteiger partial charge in [-0.25, -0.2) is 15.0 Å². The first-order valence-electron chi connectivity index (χ1n) is 15.0. The lowest BCUT2D eigenvalue weighted by Gasteiger charge is -2.34. The zero-order chi connectivity index (χ0) is 30.0. The van der Waals surface area contributed by atoms with Crippen LogP contribution < -0.4 is 14.6 Å². The topological polar surface area (TPSA) is 80.1 Å². The SMILES string of the molecule is CC(=O)N1CCN(CCOc2ccc(C3CCN(c4cccc(N5N=C(C(F)(F)F)N6N=CCCC65)n4)CC3)cc2)CC1. The minimum absolute atomic E-state index is 0.137. The van der Waals surface area contributed by atoms with E-state index in [1.165, 1.54) is 16.8 Å². The number of pyridine rings is 1. The van der Waals surface area contributed by atoms with Gasteiger partial charge in [-0.1, -0.05) is 18.2 Å². The average Bonchev–Trinajstić information content (AvgIpc) is 3.43. The smallest absolute Gasteiger partial charge is 0.453 e. The summed E-state index contributed by atoms with van der Waals surface area (Å²) < 4.78 is 46.9. The van der Waals surface area contributed by atoms with Crippen molar-refractivity contribution in [2.75, 3.05) is 62.3 Å². The van der Waals surface area contributed by atoms with Crippen LogP contribution in [0.5, 0.6) is 5.75 Å². The fourth-order valence-electron chi connectivity index (χ4n) is 6.17. The number of carbonyl (C=O) groups excluding carboxylic acids is 1. The predicted molar refractivity (Wildman–Crippen MR) is 158 cm³/mol. The number of anilines is 2. The zero-order valence-electron chi connectivity index (χ0n) is 24.3. The number of fused-ring (bicyclic) bond motifs is 1. The number of hydrogen-bond donors (Lipinski definition) is 0. The van der Waals surface area contributed by atoms with E-state index in [4.69, 9.17) is 9.72 Å². The Morgan fingerprint density at radius 1 is 0.930 bits per heavy atom. The second-order valence-electron chi connectivity index (χ2n) is 11.3. The summed E-state index contributed by atoms with van der Waals surface area (Å²) in [5.41, 5.74) is 1.28. The second kappa shape index (κ2) is 12.4. The third-order valence-corrected chi connectivity index (χ3v) is 8.62. The monoisotopic (exact) mass is 598 g/mol. The molecule has 0 spiro atoms. The Bertz CT molecular complexity index is 1340. The van der Waals surface area contributed by atoms with Crippen molar-refractivity contribution in [2.24, 2.45) is 10.2 Å². The molecule has 1 atom stereocenters. The number of hydrazone groups is 2. The van der Waals surface area contributed by atoms with Gasteiger partial charge in [0.2, 0.25) is 5.91 Å². The van der Waals surface area contributed by atoms with Crippen molar-refractivity contribution in [3.63, 3.8) is 0 Å². The van der Waals surface area contributed by atoms with E-state index in [1.807, 2.05) is 29.2 Å². The first-order valence-corrected chi connectivity index (χ1v) is 15.0. The van der Waals surface area contributed by atoms with E-state index in [0.29, 0.717) is 31.2 Å². The molecule has 4 aliphatic rings. The number of amidine groups is 1. The van der Waals surface area contributed by atoms with Crippen LogP contribution in [-0.4, -0.2) is 103 Å². The van der Waals surface area contributed by atoms with E-state index in [2.05, 4.69) is 32.1 Å². The fraction of sp³-hybridized carbons (Fsp3) is 0.533. The van der Waals surface area contributed by atoms with E-state index in [-0.39, 0.29) is 5.91 Å². The van der Waals surface area contributed by atoms with E-state index >= 15 is 0 Å². The van der Waals surface area contributed by atoms with Crippen LogP contribution in [0.15, 0.2) is 52.7 Å². The highest BCUT2D eigenvalue weighted by molar-refractivity contribution is 5.91. The van der Waals surface area contributed by atoms with Gasteiger partial charge in [0.25, 0.3) is 5.84 Å². The Labute approximate surface area is 249 Å². The molecule has 10 nitrogen and oxygen atoms in total. The van der Waals surface area contributed by atoms with Crippen LogP contribution in [0, 0.1) is 0 Å². The summed E-state index contributed by atoms with van der Waals surface area (Å²) >= 11 is 0. The average molecular weight is 599 g/mol. The number of amides is 1. The van der Waals surface area contributed by atoms with Crippen LogP contribution in [0.4, 0.5) is 24.8 Å². The standard InChI is InChI=1S/C30H37F3N8O2/c1-22(42)38-18-16-37(17-19-38)20-21-43-25-9-7-23(8-10-25)24-11-14-39(15-12-24)26-4-2-5-27(35-26)40-28-6-3-13-34-41(28)29(36-40)30(31,32)33/h2,4-5,7-10,13,24,28H,3,6,11-12,14-21H2,1H3. The molecule has 5 heterocycles. The maximum absolute atomic E-state index is 13.6. The first-order chi connectivity index (χ1) is 20.8. The number of carbonyl (C=O) groups is 1. The van der Waals surface area contributed by atoms with Gasteiger partial charge in [0.1, 0.15) is 24.3 Å². The van der Waals surface area contributed by atoms with Crippen molar-refractivity contribution < 1.29 is 22.7 Å². The Balaban J connectivity index is 1.01. The fourth-order valence-corrected chi connectivity index (χ4v) is 6.17. The van der Waals surface area contributed by atoms with Gasteiger partial charge in [-0.3, -0.25) is 9.69 Å². The lowest BCUT2D eigenvalue weighted by molar-refractivity contribution is -0.130. The van der Waals surface area contributed by atoms with Gasteiger partial charge in [0.05, 0.1) is 0 Å². The van der Waals surface area contributed by atoms with Crippen molar-refractivity contribution >= 4 is 29.6 Å². The quantitative estimate of drug-likeness (QED) is 0.475. The van der Waals surface area contributed by atoms with E-state index in [0.717, 1.165) is 75.2 Å². The lowest BCUT2D eigenvalue weighted by atomic mass is 9.89. The summed E-state index contributed by atoms with van der Waals surface area (Å²) in [6.07, 6.45) is -0.776. The number of alkyl halides is 3. The molecule has 43 heavy (non-hydrogen) atoms. The van der Waals surface area contributed by atoms with Gasteiger partial charge >= 0.3 is 6.18 Å². The molecule has 230 valence electrons. The Morgan fingerprint density at radius 3 is 2.35 bits per heavy atom. The summed E-state index contributed by atoms with van der Waals surface area (Å²) in [6, 6.07) is 13.8. The van der Waals surface area contributed by atoms with Crippen molar-refractivity contribution in [3.05, 3.63) is 48.0 Å². The second-order valence-corrected chi connectivity index (χ2v) is 11.3. The Hall–Kier alpha value is -3.87. The van der Waals surface area contributed by atoms with Crippen LogP contribution in [0.2, 0.25) is 0 Å². The van der Waals surface area contributed by atoms with Crippen molar-refractivity contribution in [2.45, 2.75) is 50.9 Å². The number of rotatable bonds is 7. The Kier molecular flexibility index (Phi) is 8.42. The molecule has 0 N–H and O–H groups in total. The summed E-state index contributed by atoms with van der Waals surface area (Å²) in [5.74, 6) is 1.52. The number of benzene rings is 1. The normalized spacial score (nSPS) is 21.7. The summed E-state index contributed by atoms with van der Waals surface area (Å²) in [5, 5.41) is 10.2. The highest BCUT2D eigenvalue weighted by Crippen LogP contribution is 2.36. The minimum atomic E-state index is -4.60. The molecule has 4 aliphatic heterocycles. The molecule has 13 heteroatoms. The molecule has 0 radical (unpaired) electrons.